The average molecular weight is 300 g/mol. The number of hydrogen-bond donors (Lipinski definition) is 3. The van der Waals surface area contributed by atoms with E-state index in [2.05, 4.69) is 10.6 Å². The van der Waals surface area contributed by atoms with Gasteiger partial charge in [-0.25, -0.2) is 8.78 Å². The number of quaternary nitrogens is 1. The average Bonchev–Trinajstić information content (AvgIpc) is 2.32. The van der Waals surface area contributed by atoms with Gasteiger partial charge < -0.3 is 15.5 Å². The van der Waals surface area contributed by atoms with E-state index in [9.17, 15) is 18.4 Å². The minimum absolute atomic E-state index is 0.0429. The molecule has 1 unspecified atom stereocenters. The zero-order valence-electron chi connectivity index (χ0n) is 12.3. The van der Waals surface area contributed by atoms with Gasteiger partial charge in [0.1, 0.15) is 0 Å². The summed E-state index contributed by atoms with van der Waals surface area (Å²) in [5.41, 5.74) is 0.179. The zero-order chi connectivity index (χ0) is 16.0. The number of hydrogen-bond acceptors (Lipinski definition) is 2. The summed E-state index contributed by atoms with van der Waals surface area (Å²) in [4.78, 5) is 24.0. The molecule has 2 amide bonds. The number of halogens is 2. The predicted molar refractivity (Wildman–Crippen MR) is 74.9 cm³/mol. The van der Waals surface area contributed by atoms with Gasteiger partial charge in [-0.2, -0.15) is 0 Å². The zero-order valence-corrected chi connectivity index (χ0v) is 12.3. The fourth-order valence-corrected chi connectivity index (χ4v) is 1.76. The first-order valence-electron chi connectivity index (χ1n) is 6.63. The van der Waals surface area contributed by atoms with Gasteiger partial charge in [-0.05, 0) is 26.0 Å². The van der Waals surface area contributed by atoms with Crippen LogP contribution in [0, 0.1) is 11.6 Å². The molecule has 0 aliphatic rings. The number of amides is 2. The highest BCUT2D eigenvalue weighted by Crippen LogP contribution is 2.12. The smallest absolute Gasteiger partial charge is 0.279 e. The Morgan fingerprint density at radius 1 is 1.14 bits per heavy atom. The molecule has 0 saturated heterocycles. The van der Waals surface area contributed by atoms with Gasteiger partial charge in [0, 0.05) is 17.8 Å². The van der Waals surface area contributed by atoms with E-state index in [4.69, 9.17) is 0 Å². The largest absolute Gasteiger partial charge is 0.349 e. The van der Waals surface area contributed by atoms with Gasteiger partial charge in [-0.1, -0.05) is 0 Å². The van der Waals surface area contributed by atoms with Gasteiger partial charge in [-0.3, -0.25) is 9.59 Å². The molecule has 0 spiro atoms. The molecule has 7 heteroatoms. The van der Waals surface area contributed by atoms with E-state index in [0.29, 0.717) is 4.90 Å². The van der Waals surface area contributed by atoms with E-state index in [-0.39, 0.29) is 36.6 Å². The van der Waals surface area contributed by atoms with Crippen LogP contribution in [0.5, 0.6) is 0 Å². The first-order valence-corrected chi connectivity index (χ1v) is 6.63. The van der Waals surface area contributed by atoms with Crippen molar-refractivity contribution < 1.29 is 23.3 Å². The fourth-order valence-electron chi connectivity index (χ4n) is 1.76. The van der Waals surface area contributed by atoms with E-state index >= 15 is 0 Å². The van der Waals surface area contributed by atoms with Crippen LogP contribution in [-0.2, 0) is 9.59 Å². The molecule has 1 atom stereocenters. The van der Waals surface area contributed by atoms with Crippen LogP contribution < -0.4 is 15.5 Å². The highest BCUT2D eigenvalue weighted by Gasteiger charge is 2.15. The number of anilines is 1. The molecule has 0 aliphatic carbocycles. The van der Waals surface area contributed by atoms with Crippen LogP contribution >= 0.6 is 0 Å². The monoisotopic (exact) mass is 300 g/mol. The quantitative estimate of drug-likeness (QED) is 0.689. The first kappa shape index (κ1) is 17.0. The third kappa shape index (κ3) is 6.31. The molecule has 5 nitrogen and oxygen atoms in total. The normalized spacial score (nSPS) is 12.1. The van der Waals surface area contributed by atoms with Gasteiger partial charge >= 0.3 is 0 Å². The van der Waals surface area contributed by atoms with Crippen LogP contribution in [0.4, 0.5) is 14.5 Å². The summed E-state index contributed by atoms with van der Waals surface area (Å²) >= 11 is 0. The Hall–Kier alpha value is -2.02. The maximum atomic E-state index is 13.0. The van der Waals surface area contributed by atoms with Gasteiger partial charge in [0.05, 0.1) is 7.05 Å². The standard InChI is InChI=1S/C14H19F2N3O2/c1-9(2)17-13(20)7-19(3)8-14(21)18-10-4-5-11(15)12(16)6-10/h4-6,9H,7-8H2,1-3H3,(H,17,20)(H,18,21)/p+1. The molecule has 0 saturated carbocycles. The number of rotatable bonds is 6. The molecule has 1 aromatic carbocycles. The summed E-state index contributed by atoms with van der Waals surface area (Å²) in [6, 6.07) is 3.17. The Morgan fingerprint density at radius 3 is 2.33 bits per heavy atom. The summed E-state index contributed by atoms with van der Waals surface area (Å²) in [5, 5.41) is 5.18. The Labute approximate surface area is 122 Å². The van der Waals surface area contributed by atoms with Crippen molar-refractivity contribution in [2.75, 3.05) is 25.5 Å². The van der Waals surface area contributed by atoms with Crippen molar-refractivity contribution in [1.82, 2.24) is 5.32 Å². The maximum Gasteiger partial charge on any atom is 0.279 e. The second kappa shape index (κ2) is 7.68. The summed E-state index contributed by atoms with van der Waals surface area (Å²) in [7, 11) is 1.70. The lowest BCUT2D eigenvalue weighted by Crippen LogP contribution is -3.11. The van der Waals surface area contributed by atoms with Gasteiger partial charge in [0.2, 0.25) is 0 Å². The summed E-state index contributed by atoms with van der Waals surface area (Å²) in [6.07, 6.45) is 0. The number of likely N-dealkylation sites (N-methyl/N-ethyl adjacent to an activating group) is 1. The Bertz CT molecular complexity index is 521. The second-order valence-electron chi connectivity index (χ2n) is 5.21. The molecule has 0 fully saturated rings. The lowest BCUT2D eigenvalue weighted by molar-refractivity contribution is -0.862. The molecule has 0 radical (unpaired) electrons. The summed E-state index contributed by atoms with van der Waals surface area (Å²) in [5.74, 6) is -2.52. The molecule has 3 N–H and O–H groups in total. The molecular formula is C14H20F2N3O2+. The number of nitrogens with one attached hydrogen (secondary N) is 3. The van der Waals surface area contributed by atoms with Crippen molar-refractivity contribution in [3.05, 3.63) is 29.8 Å². The van der Waals surface area contributed by atoms with Crippen LogP contribution in [-0.4, -0.2) is 38.0 Å². The van der Waals surface area contributed by atoms with Crippen LogP contribution in [0.2, 0.25) is 0 Å². The molecule has 1 aromatic rings. The van der Waals surface area contributed by atoms with Crippen LogP contribution in [0.3, 0.4) is 0 Å². The Balaban J connectivity index is 2.45. The molecule has 21 heavy (non-hydrogen) atoms. The van der Waals surface area contributed by atoms with E-state index in [1.807, 2.05) is 13.8 Å². The van der Waals surface area contributed by atoms with Gasteiger partial charge in [-0.15, -0.1) is 0 Å². The van der Waals surface area contributed by atoms with Gasteiger partial charge in [0.25, 0.3) is 11.8 Å². The lowest BCUT2D eigenvalue weighted by Gasteiger charge is -2.15. The highest BCUT2D eigenvalue weighted by molar-refractivity contribution is 5.91. The third-order valence-corrected chi connectivity index (χ3v) is 2.58. The van der Waals surface area contributed by atoms with Gasteiger partial charge in [0.15, 0.2) is 24.7 Å². The summed E-state index contributed by atoms with van der Waals surface area (Å²) in [6.45, 7) is 3.90. The van der Waals surface area contributed by atoms with Crippen LogP contribution in [0.1, 0.15) is 13.8 Å². The van der Waals surface area contributed by atoms with Crippen molar-refractivity contribution >= 4 is 17.5 Å². The van der Waals surface area contributed by atoms with E-state index in [1.165, 1.54) is 6.07 Å². The summed E-state index contributed by atoms with van der Waals surface area (Å²) < 4.78 is 25.8. The number of carbonyl (C=O) groups is 2. The SMILES string of the molecule is CC(C)NC(=O)C[NH+](C)CC(=O)Nc1ccc(F)c(F)c1. The molecule has 116 valence electrons. The van der Waals surface area contributed by atoms with Crippen molar-refractivity contribution in [2.45, 2.75) is 19.9 Å². The van der Waals surface area contributed by atoms with Crippen LogP contribution in [0.25, 0.3) is 0 Å². The predicted octanol–water partition coefficient (Wildman–Crippen LogP) is -0.0574. The number of benzene rings is 1. The number of carbonyl (C=O) groups excluding carboxylic acids is 2. The molecule has 0 heterocycles. The fraction of sp³-hybridized carbons (Fsp3) is 0.429. The first-order chi connectivity index (χ1) is 9.77. The Morgan fingerprint density at radius 2 is 1.76 bits per heavy atom. The minimum atomic E-state index is -1.02. The minimum Gasteiger partial charge on any atom is -0.349 e. The van der Waals surface area contributed by atoms with E-state index < -0.39 is 11.6 Å². The molecule has 0 aromatic heterocycles. The second-order valence-corrected chi connectivity index (χ2v) is 5.21. The van der Waals surface area contributed by atoms with Crippen molar-refractivity contribution in [1.29, 1.82) is 0 Å². The third-order valence-electron chi connectivity index (χ3n) is 2.58. The van der Waals surface area contributed by atoms with E-state index in [0.717, 1.165) is 12.1 Å². The molecule has 0 bridgehead atoms. The Kier molecular flexibility index (Phi) is 6.23. The maximum absolute atomic E-state index is 13.0. The molecule has 1 rings (SSSR count). The lowest BCUT2D eigenvalue weighted by atomic mass is 10.3. The topological polar surface area (TPSA) is 62.6 Å². The van der Waals surface area contributed by atoms with Crippen molar-refractivity contribution in [3.63, 3.8) is 0 Å². The van der Waals surface area contributed by atoms with Crippen molar-refractivity contribution in [3.8, 4) is 0 Å². The van der Waals surface area contributed by atoms with Crippen molar-refractivity contribution in [2.24, 2.45) is 0 Å². The molecular weight excluding hydrogens is 280 g/mol. The van der Waals surface area contributed by atoms with E-state index in [1.54, 1.807) is 7.05 Å². The molecule has 0 aliphatic heterocycles. The highest BCUT2D eigenvalue weighted by atomic mass is 19.2. The van der Waals surface area contributed by atoms with Crippen LogP contribution in [0.15, 0.2) is 18.2 Å².